The van der Waals surface area contributed by atoms with Crippen molar-refractivity contribution in [3.8, 4) is 22.8 Å². The summed E-state index contributed by atoms with van der Waals surface area (Å²) in [5, 5.41) is 0. The second kappa shape index (κ2) is 7.65. The van der Waals surface area contributed by atoms with E-state index in [0.717, 1.165) is 47.2 Å². The van der Waals surface area contributed by atoms with Crippen molar-refractivity contribution in [3.63, 3.8) is 0 Å². The van der Waals surface area contributed by atoms with Crippen molar-refractivity contribution in [1.29, 1.82) is 0 Å². The van der Waals surface area contributed by atoms with Crippen LogP contribution in [0.5, 0.6) is 11.5 Å². The number of ether oxygens (including phenoxy) is 1. The molecule has 1 N–H and O–H groups in total. The van der Waals surface area contributed by atoms with Crippen molar-refractivity contribution >= 4 is 21.5 Å². The maximum Gasteiger partial charge on any atom is 0.229 e. The summed E-state index contributed by atoms with van der Waals surface area (Å²) in [4.78, 5) is 12.4. The first-order valence-corrected chi connectivity index (χ1v) is 11.7. The number of anilines is 1. The quantitative estimate of drug-likeness (QED) is 0.645. The highest BCUT2D eigenvalue weighted by molar-refractivity contribution is 7.92. The number of ketones is 1. The number of hydrogen-bond acceptors (Lipinski definition) is 4. The van der Waals surface area contributed by atoms with Crippen LogP contribution in [0.25, 0.3) is 11.3 Å². The Morgan fingerprint density at radius 3 is 2.47 bits per heavy atom. The summed E-state index contributed by atoms with van der Waals surface area (Å²) in [6, 6.07) is 14.5. The first-order valence-electron chi connectivity index (χ1n) is 9.80. The van der Waals surface area contributed by atoms with Gasteiger partial charge >= 0.3 is 0 Å². The number of hydrogen-bond donors (Lipinski definition) is 1. The Kier molecular flexibility index (Phi) is 5.15. The molecule has 0 radical (unpaired) electrons. The molecule has 0 spiro atoms. The van der Waals surface area contributed by atoms with Gasteiger partial charge in [0.2, 0.25) is 10.0 Å². The van der Waals surface area contributed by atoms with Crippen LogP contribution in [0.2, 0.25) is 0 Å². The Morgan fingerprint density at radius 2 is 1.77 bits per heavy atom. The van der Waals surface area contributed by atoms with Gasteiger partial charge in [-0.15, -0.1) is 0 Å². The molecule has 0 atom stereocenters. The number of carbonyl (C=O) groups is 1. The standard InChI is InChI=1S/C23H24N2O4S/c1-15-22-20(8-5-9-21(22)26)23(25(15)2)16-6-4-7-19(14-16)29-18-12-10-17(11-13-18)24-30(3,27)28/h4,6-7,10-14,24H,5,8-9H2,1-3H3. The molecule has 1 aliphatic carbocycles. The Morgan fingerprint density at radius 1 is 1.03 bits per heavy atom. The number of nitrogens with zero attached hydrogens (tertiary/aromatic N) is 1. The molecular formula is C23H24N2O4S. The molecule has 6 nitrogen and oxygen atoms in total. The average molecular weight is 425 g/mol. The highest BCUT2D eigenvalue weighted by Crippen LogP contribution is 2.37. The summed E-state index contributed by atoms with van der Waals surface area (Å²) in [6.45, 7) is 2.00. The molecule has 0 bridgehead atoms. The number of aromatic nitrogens is 1. The molecule has 156 valence electrons. The van der Waals surface area contributed by atoms with Crippen molar-refractivity contribution in [1.82, 2.24) is 4.57 Å². The molecule has 7 heteroatoms. The smallest absolute Gasteiger partial charge is 0.229 e. The summed E-state index contributed by atoms with van der Waals surface area (Å²) >= 11 is 0. The highest BCUT2D eigenvalue weighted by Gasteiger charge is 2.27. The van der Waals surface area contributed by atoms with Gasteiger partial charge in [-0.1, -0.05) is 12.1 Å². The van der Waals surface area contributed by atoms with E-state index >= 15 is 0 Å². The van der Waals surface area contributed by atoms with Gasteiger partial charge in [-0.2, -0.15) is 0 Å². The van der Waals surface area contributed by atoms with E-state index in [1.165, 1.54) is 0 Å². The number of benzene rings is 2. The van der Waals surface area contributed by atoms with Gasteiger partial charge in [-0.3, -0.25) is 9.52 Å². The molecule has 0 aliphatic heterocycles. The van der Waals surface area contributed by atoms with E-state index in [2.05, 4.69) is 9.29 Å². The van der Waals surface area contributed by atoms with Gasteiger partial charge in [0.05, 0.1) is 11.9 Å². The fraction of sp³-hybridized carbons (Fsp3) is 0.261. The van der Waals surface area contributed by atoms with Crippen molar-refractivity contribution in [2.45, 2.75) is 26.2 Å². The Hall–Kier alpha value is -3.06. The summed E-state index contributed by atoms with van der Waals surface area (Å²) < 4.78 is 33.2. The lowest BCUT2D eigenvalue weighted by Gasteiger charge is -2.14. The fourth-order valence-electron chi connectivity index (χ4n) is 4.05. The molecule has 0 saturated carbocycles. The highest BCUT2D eigenvalue weighted by atomic mass is 32.2. The summed E-state index contributed by atoms with van der Waals surface area (Å²) in [5.74, 6) is 1.50. The van der Waals surface area contributed by atoms with Gasteiger partial charge in [-0.25, -0.2) is 8.42 Å². The number of carbonyl (C=O) groups excluding carboxylic acids is 1. The lowest BCUT2D eigenvalue weighted by Crippen LogP contribution is -2.10. The molecule has 3 aromatic rings. The molecule has 0 fully saturated rings. The Balaban J connectivity index is 1.63. The first kappa shape index (κ1) is 20.2. The number of rotatable bonds is 5. The molecule has 1 aromatic heterocycles. The number of sulfonamides is 1. The van der Waals surface area contributed by atoms with E-state index in [1.54, 1.807) is 24.3 Å². The monoisotopic (exact) mass is 424 g/mol. The zero-order valence-electron chi connectivity index (χ0n) is 17.2. The van der Waals surface area contributed by atoms with Crippen LogP contribution in [0.3, 0.4) is 0 Å². The summed E-state index contributed by atoms with van der Waals surface area (Å²) in [5.41, 5.74) is 5.55. The van der Waals surface area contributed by atoms with Crippen LogP contribution in [-0.4, -0.2) is 25.0 Å². The molecule has 1 heterocycles. The van der Waals surface area contributed by atoms with E-state index in [4.69, 9.17) is 4.74 Å². The minimum atomic E-state index is -3.32. The Labute approximate surface area is 176 Å². The maximum atomic E-state index is 12.4. The average Bonchev–Trinajstić information content (AvgIpc) is 2.94. The van der Waals surface area contributed by atoms with Crippen LogP contribution in [0.1, 0.15) is 34.5 Å². The van der Waals surface area contributed by atoms with Crippen LogP contribution in [-0.2, 0) is 23.5 Å². The van der Waals surface area contributed by atoms with Gasteiger partial charge in [0, 0.05) is 36.0 Å². The number of nitrogens with one attached hydrogen (secondary N) is 1. The van der Waals surface area contributed by atoms with Crippen LogP contribution < -0.4 is 9.46 Å². The van der Waals surface area contributed by atoms with E-state index in [1.807, 2.05) is 38.2 Å². The fourth-order valence-corrected chi connectivity index (χ4v) is 4.62. The molecule has 4 rings (SSSR count). The largest absolute Gasteiger partial charge is 0.457 e. The van der Waals surface area contributed by atoms with Gasteiger partial charge in [0.15, 0.2) is 5.78 Å². The lowest BCUT2D eigenvalue weighted by molar-refractivity contribution is 0.0972. The normalized spacial score (nSPS) is 13.8. The molecule has 0 amide bonds. The molecule has 0 unspecified atom stereocenters. The maximum absolute atomic E-state index is 12.4. The first-order chi connectivity index (χ1) is 14.2. The third-order valence-electron chi connectivity index (χ3n) is 5.40. The van der Waals surface area contributed by atoms with E-state index in [-0.39, 0.29) is 5.78 Å². The lowest BCUT2D eigenvalue weighted by atomic mass is 9.90. The van der Waals surface area contributed by atoms with Gasteiger partial charge in [0.1, 0.15) is 11.5 Å². The summed E-state index contributed by atoms with van der Waals surface area (Å²) in [7, 11) is -1.32. The van der Waals surface area contributed by atoms with Crippen molar-refractivity contribution in [2.75, 3.05) is 11.0 Å². The predicted molar refractivity (Wildman–Crippen MR) is 118 cm³/mol. The third kappa shape index (κ3) is 3.98. The van der Waals surface area contributed by atoms with Gasteiger partial charge in [0.25, 0.3) is 0 Å². The van der Waals surface area contributed by atoms with Gasteiger partial charge < -0.3 is 9.30 Å². The third-order valence-corrected chi connectivity index (χ3v) is 6.00. The Bertz CT molecular complexity index is 1220. The SMILES string of the molecule is Cc1c2c(c(-c3cccc(Oc4ccc(NS(C)(=O)=O)cc4)c3)n1C)CCCC2=O. The minimum Gasteiger partial charge on any atom is -0.457 e. The molecule has 2 aromatic carbocycles. The molecule has 1 aliphatic rings. The summed E-state index contributed by atoms with van der Waals surface area (Å²) in [6.07, 6.45) is 3.51. The van der Waals surface area contributed by atoms with Crippen LogP contribution in [0.4, 0.5) is 5.69 Å². The van der Waals surface area contributed by atoms with Crippen molar-refractivity contribution in [3.05, 3.63) is 65.4 Å². The molecule has 0 saturated heterocycles. The zero-order chi connectivity index (χ0) is 21.5. The van der Waals surface area contributed by atoms with Crippen LogP contribution >= 0.6 is 0 Å². The number of Topliss-reactive ketones (excluding diaryl/α,β-unsaturated/α-hetero) is 1. The van der Waals surface area contributed by atoms with E-state index in [9.17, 15) is 13.2 Å². The predicted octanol–water partition coefficient (Wildman–Crippen LogP) is 4.68. The van der Waals surface area contributed by atoms with Crippen molar-refractivity contribution < 1.29 is 17.9 Å². The minimum absolute atomic E-state index is 0.228. The van der Waals surface area contributed by atoms with E-state index in [0.29, 0.717) is 23.6 Å². The second-order valence-corrected chi connectivity index (χ2v) is 9.40. The number of fused-ring (bicyclic) bond motifs is 1. The van der Waals surface area contributed by atoms with E-state index < -0.39 is 10.0 Å². The van der Waals surface area contributed by atoms with Gasteiger partial charge in [-0.05, 0) is 61.7 Å². The zero-order valence-corrected chi connectivity index (χ0v) is 18.0. The van der Waals surface area contributed by atoms with Crippen LogP contribution in [0.15, 0.2) is 48.5 Å². The van der Waals surface area contributed by atoms with Crippen LogP contribution in [0, 0.1) is 6.92 Å². The topological polar surface area (TPSA) is 77.4 Å². The second-order valence-electron chi connectivity index (χ2n) is 7.65. The molecular weight excluding hydrogens is 400 g/mol. The van der Waals surface area contributed by atoms with Crippen molar-refractivity contribution in [2.24, 2.45) is 7.05 Å². The molecule has 30 heavy (non-hydrogen) atoms.